The molecule has 3 rings (SSSR count). The summed E-state index contributed by atoms with van der Waals surface area (Å²) in [4.78, 5) is 11.6. The summed E-state index contributed by atoms with van der Waals surface area (Å²) in [6.07, 6.45) is 6.52. The Morgan fingerprint density at radius 2 is 1.96 bits per heavy atom. The van der Waals surface area contributed by atoms with Crippen LogP contribution in [-0.4, -0.2) is 24.3 Å². The first-order valence-corrected chi connectivity index (χ1v) is 10.5. The van der Waals surface area contributed by atoms with Crippen molar-refractivity contribution in [1.29, 1.82) is 0 Å². The number of benzene rings is 1. The van der Waals surface area contributed by atoms with Crippen LogP contribution in [0.15, 0.2) is 12.1 Å². The van der Waals surface area contributed by atoms with Crippen molar-refractivity contribution in [3.8, 4) is 0 Å². The molecule has 0 heterocycles. The van der Waals surface area contributed by atoms with E-state index in [0.29, 0.717) is 18.3 Å². The zero-order valence-electron chi connectivity index (χ0n) is 15.8. The van der Waals surface area contributed by atoms with E-state index < -0.39 is 4.83 Å². The van der Waals surface area contributed by atoms with Crippen molar-refractivity contribution in [2.45, 2.75) is 81.7 Å². The van der Waals surface area contributed by atoms with E-state index in [9.17, 15) is 9.18 Å². The zero-order chi connectivity index (χ0) is 18.9. The summed E-state index contributed by atoms with van der Waals surface area (Å²) in [5.74, 6) is -0.281. The van der Waals surface area contributed by atoms with E-state index in [1.807, 2.05) is 6.92 Å². The maximum absolute atomic E-state index is 14.3. The largest absolute Gasteiger partial charge is 0.465 e. The fraction of sp³-hybridized carbons (Fsp3) is 0.667. The van der Waals surface area contributed by atoms with Crippen LogP contribution in [0.4, 0.5) is 4.39 Å². The van der Waals surface area contributed by atoms with Gasteiger partial charge in [0.1, 0.15) is 10.6 Å². The Kier molecular flexibility index (Phi) is 6.07. The molecule has 0 aromatic heterocycles. The minimum atomic E-state index is -0.559. The summed E-state index contributed by atoms with van der Waals surface area (Å²) in [6, 6.07) is 3.17. The predicted octanol–water partition coefficient (Wildman–Crippen LogP) is 5.73. The summed E-state index contributed by atoms with van der Waals surface area (Å²) >= 11 is 3.47. The number of carbonyl (C=O) groups is 1. The average Bonchev–Trinajstić information content (AvgIpc) is 3.34. The quantitative estimate of drug-likeness (QED) is 0.430. The van der Waals surface area contributed by atoms with Crippen molar-refractivity contribution in [2.24, 2.45) is 0 Å². The van der Waals surface area contributed by atoms with Crippen LogP contribution in [0, 0.1) is 12.7 Å². The third kappa shape index (κ3) is 4.30. The van der Waals surface area contributed by atoms with Gasteiger partial charge in [-0.3, -0.25) is 4.79 Å². The molecule has 0 spiro atoms. The van der Waals surface area contributed by atoms with Crippen molar-refractivity contribution >= 4 is 21.9 Å². The molecule has 0 radical (unpaired) electrons. The lowest BCUT2D eigenvalue weighted by atomic mass is 9.78. The van der Waals surface area contributed by atoms with Gasteiger partial charge in [-0.15, -0.1) is 0 Å². The van der Waals surface area contributed by atoms with Crippen molar-refractivity contribution < 1.29 is 18.7 Å². The lowest BCUT2D eigenvalue weighted by molar-refractivity contribution is -0.142. The molecule has 26 heavy (non-hydrogen) atoms. The molecule has 0 bridgehead atoms. The summed E-state index contributed by atoms with van der Waals surface area (Å²) in [7, 11) is 0. The van der Waals surface area contributed by atoms with Gasteiger partial charge < -0.3 is 9.47 Å². The standard InChI is InChI=1S/C21H28BrFO3/c1-4-25-20(24)19(22)16-9-10-17(23)13(2)18(16)14-5-7-15(8-6-14)26-21(3)11-12-21/h9-10,14-15,19H,4-8,11-12H2,1-3H3. The molecule has 1 atom stereocenters. The normalized spacial score (nSPS) is 25.6. The average molecular weight is 427 g/mol. The van der Waals surface area contributed by atoms with Crippen LogP contribution in [0.1, 0.15) is 79.8 Å². The molecular weight excluding hydrogens is 399 g/mol. The van der Waals surface area contributed by atoms with E-state index >= 15 is 0 Å². The number of alkyl halides is 1. The second kappa shape index (κ2) is 7.97. The van der Waals surface area contributed by atoms with E-state index in [4.69, 9.17) is 9.47 Å². The number of hydrogen-bond acceptors (Lipinski definition) is 3. The van der Waals surface area contributed by atoms with Crippen LogP contribution < -0.4 is 0 Å². The Balaban J connectivity index is 1.78. The minimum absolute atomic E-state index is 0.0995. The highest BCUT2D eigenvalue weighted by molar-refractivity contribution is 9.09. The van der Waals surface area contributed by atoms with Gasteiger partial charge in [-0.2, -0.15) is 0 Å². The summed E-state index contributed by atoms with van der Waals surface area (Å²) in [5, 5.41) is 0. The van der Waals surface area contributed by atoms with Gasteiger partial charge in [0.15, 0.2) is 0 Å². The van der Waals surface area contributed by atoms with Gasteiger partial charge in [0, 0.05) is 0 Å². The van der Waals surface area contributed by atoms with E-state index in [-0.39, 0.29) is 23.3 Å². The minimum Gasteiger partial charge on any atom is -0.465 e. The maximum atomic E-state index is 14.3. The number of ether oxygens (including phenoxy) is 2. The van der Waals surface area contributed by atoms with Gasteiger partial charge in [-0.05, 0) is 88.0 Å². The van der Waals surface area contributed by atoms with E-state index in [1.54, 1.807) is 13.0 Å². The van der Waals surface area contributed by atoms with Gasteiger partial charge >= 0.3 is 5.97 Å². The number of hydrogen-bond donors (Lipinski definition) is 0. The van der Waals surface area contributed by atoms with Gasteiger partial charge in [-0.1, -0.05) is 22.0 Å². The topological polar surface area (TPSA) is 35.5 Å². The van der Waals surface area contributed by atoms with Crippen LogP contribution >= 0.6 is 15.9 Å². The molecule has 0 aliphatic heterocycles. The van der Waals surface area contributed by atoms with E-state index in [0.717, 1.165) is 49.7 Å². The molecule has 5 heteroatoms. The van der Waals surface area contributed by atoms with Crippen LogP contribution in [0.25, 0.3) is 0 Å². The van der Waals surface area contributed by atoms with Crippen molar-refractivity contribution in [1.82, 2.24) is 0 Å². The Labute approximate surface area is 163 Å². The number of esters is 1. The third-order valence-corrected chi connectivity index (χ3v) is 6.60. The molecule has 2 saturated carbocycles. The fourth-order valence-corrected chi connectivity index (χ4v) is 4.53. The second-order valence-electron chi connectivity index (χ2n) is 7.83. The third-order valence-electron chi connectivity index (χ3n) is 5.74. The highest BCUT2D eigenvalue weighted by Gasteiger charge is 2.41. The first-order chi connectivity index (χ1) is 12.3. The molecule has 2 fully saturated rings. The highest BCUT2D eigenvalue weighted by Crippen LogP contribution is 2.45. The number of rotatable bonds is 6. The van der Waals surface area contributed by atoms with Gasteiger partial charge in [-0.25, -0.2) is 4.39 Å². The molecule has 0 amide bonds. The van der Waals surface area contributed by atoms with E-state index in [2.05, 4.69) is 22.9 Å². The molecule has 0 saturated heterocycles. The molecule has 144 valence electrons. The van der Waals surface area contributed by atoms with Crippen LogP contribution in [0.5, 0.6) is 0 Å². The summed E-state index contributed by atoms with van der Waals surface area (Å²) < 4.78 is 25.6. The van der Waals surface area contributed by atoms with Gasteiger partial charge in [0.05, 0.1) is 18.3 Å². The van der Waals surface area contributed by atoms with Gasteiger partial charge in [0.25, 0.3) is 0 Å². The number of halogens is 2. The second-order valence-corrected chi connectivity index (χ2v) is 8.75. The SMILES string of the molecule is CCOC(=O)C(Br)c1ccc(F)c(C)c1C1CCC(OC2(C)CC2)CC1. The van der Waals surface area contributed by atoms with Gasteiger partial charge in [0.2, 0.25) is 0 Å². The maximum Gasteiger partial charge on any atom is 0.324 e. The monoisotopic (exact) mass is 426 g/mol. The van der Waals surface area contributed by atoms with Crippen molar-refractivity contribution in [3.05, 3.63) is 34.6 Å². The zero-order valence-corrected chi connectivity index (χ0v) is 17.4. The van der Waals surface area contributed by atoms with Crippen molar-refractivity contribution in [3.63, 3.8) is 0 Å². The molecule has 2 aliphatic rings. The van der Waals surface area contributed by atoms with Crippen LogP contribution in [-0.2, 0) is 14.3 Å². The number of carbonyl (C=O) groups excluding carboxylic acids is 1. The Hall–Kier alpha value is -0.940. The molecule has 2 aliphatic carbocycles. The first-order valence-electron chi connectivity index (χ1n) is 9.62. The van der Waals surface area contributed by atoms with Crippen molar-refractivity contribution in [2.75, 3.05) is 6.61 Å². The molecule has 0 N–H and O–H groups in total. The molecular formula is C21H28BrFO3. The Morgan fingerprint density at radius 1 is 1.31 bits per heavy atom. The Bertz CT molecular complexity index is 663. The van der Waals surface area contributed by atoms with E-state index in [1.165, 1.54) is 6.07 Å². The molecule has 1 unspecified atom stereocenters. The predicted molar refractivity (Wildman–Crippen MR) is 103 cm³/mol. The molecule has 3 nitrogen and oxygen atoms in total. The smallest absolute Gasteiger partial charge is 0.324 e. The first kappa shape index (κ1) is 19.8. The van der Waals surface area contributed by atoms with Crippen LogP contribution in [0.2, 0.25) is 0 Å². The summed E-state index contributed by atoms with van der Waals surface area (Å²) in [6.45, 7) is 6.11. The fourth-order valence-electron chi connectivity index (χ4n) is 3.99. The lowest BCUT2D eigenvalue weighted by Gasteiger charge is -2.33. The molecule has 1 aromatic rings. The Morgan fingerprint density at radius 3 is 2.54 bits per heavy atom. The van der Waals surface area contributed by atoms with Crippen LogP contribution in [0.3, 0.4) is 0 Å². The lowest BCUT2D eigenvalue weighted by Crippen LogP contribution is -2.26. The summed E-state index contributed by atoms with van der Waals surface area (Å²) in [5.41, 5.74) is 2.55. The highest BCUT2D eigenvalue weighted by atomic mass is 79.9. The molecule has 1 aromatic carbocycles.